The van der Waals surface area contributed by atoms with Gasteiger partial charge in [-0.15, -0.1) is 0 Å². The number of benzene rings is 2. The minimum Gasteiger partial charge on any atom is -0.370 e. The molecule has 0 unspecified atom stereocenters. The molecule has 20 heavy (non-hydrogen) atoms. The molecule has 0 amide bonds. The molecule has 0 radical (unpaired) electrons. The van der Waals surface area contributed by atoms with E-state index in [0.29, 0.717) is 0 Å². The number of rotatable bonds is 6. The summed E-state index contributed by atoms with van der Waals surface area (Å²) in [5, 5.41) is 3.61. The van der Waals surface area contributed by atoms with E-state index in [9.17, 15) is 0 Å². The molecule has 0 bridgehead atoms. The van der Waals surface area contributed by atoms with E-state index in [2.05, 4.69) is 71.9 Å². The molecule has 2 nitrogen and oxygen atoms in total. The summed E-state index contributed by atoms with van der Waals surface area (Å²) in [4.78, 5) is 2.33. The van der Waals surface area contributed by atoms with Crippen molar-refractivity contribution in [2.45, 2.75) is 32.0 Å². The van der Waals surface area contributed by atoms with Gasteiger partial charge in [0.2, 0.25) is 0 Å². The fourth-order valence-electron chi connectivity index (χ4n) is 2.52. The van der Waals surface area contributed by atoms with E-state index < -0.39 is 0 Å². The van der Waals surface area contributed by atoms with E-state index in [1.165, 1.54) is 29.7 Å². The molecule has 2 aromatic rings. The predicted octanol–water partition coefficient (Wildman–Crippen LogP) is 3.58. The Bertz CT molecular complexity index is 546. The second-order valence-electron chi connectivity index (χ2n) is 5.63. The second kappa shape index (κ2) is 6.10. The lowest BCUT2D eigenvalue weighted by molar-refractivity contribution is 0.685. The highest BCUT2D eigenvalue weighted by Gasteiger charge is 2.20. The molecular formula is C18H22N2. The van der Waals surface area contributed by atoms with Gasteiger partial charge in [-0.25, -0.2) is 0 Å². The van der Waals surface area contributed by atoms with Gasteiger partial charge in [0.25, 0.3) is 0 Å². The molecule has 0 heterocycles. The average Bonchev–Trinajstić information content (AvgIpc) is 3.31. The predicted molar refractivity (Wildman–Crippen MR) is 84.9 cm³/mol. The number of hydrogen-bond donors (Lipinski definition) is 1. The fraction of sp³-hybridized carbons (Fsp3) is 0.333. The van der Waals surface area contributed by atoms with Gasteiger partial charge in [-0.3, -0.25) is 0 Å². The van der Waals surface area contributed by atoms with Gasteiger partial charge < -0.3 is 10.2 Å². The van der Waals surface area contributed by atoms with Crippen molar-refractivity contribution in [3.8, 4) is 0 Å². The Morgan fingerprint density at radius 1 is 1.00 bits per heavy atom. The van der Waals surface area contributed by atoms with Crippen molar-refractivity contribution >= 4 is 5.69 Å². The third-order valence-corrected chi connectivity index (χ3v) is 3.82. The van der Waals surface area contributed by atoms with Crippen molar-refractivity contribution in [1.29, 1.82) is 0 Å². The van der Waals surface area contributed by atoms with Crippen LogP contribution in [-0.4, -0.2) is 13.1 Å². The summed E-state index contributed by atoms with van der Waals surface area (Å²) < 4.78 is 0. The topological polar surface area (TPSA) is 15.3 Å². The van der Waals surface area contributed by atoms with Crippen molar-refractivity contribution in [3.05, 3.63) is 65.7 Å². The molecule has 1 aliphatic rings. The lowest BCUT2D eigenvalue weighted by Gasteiger charge is -2.23. The summed E-state index contributed by atoms with van der Waals surface area (Å²) in [5.41, 5.74) is 4.06. The third kappa shape index (κ3) is 3.40. The van der Waals surface area contributed by atoms with Crippen molar-refractivity contribution < 1.29 is 0 Å². The first-order chi connectivity index (χ1) is 9.83. The molecule has 1 saturated carbocycles. The molecule has 0 spiro atoms. The van der Waals surface area contributed by atoms with E-state index in [-0.39, 0.29) is 0 Å². The molecule has 1 N–H and O–H groups in total. The van der Waals surface area contributed by atoms with Gasteiger partial charge in [0.05, 0.1) is 0 Å². The highest BCUT2D eigenvalue weighted by Crippen LogP contribution is 2.24. The standard InChI is InChI=1S/C18H22N2/c1-20(14-15-7-3-2-4-8-15)18-10-6-5-9-16(18)13-19-17-11-12-17/h2-10,17,19H,11-14H2,1H3. The third-order valence-electron chi connectivity index (χ3n) is 3.82. The zero-order chi connectivity index (χ0) is 13.8. The summed E-state index contributed by atoms with van der Waals surface area (Å²) in [5.74, 6) is 0. The lowest BCUT2D eigenvalue weighted by Crippen LogP contribution is -2.21. The van der Waals surface area contributed by atoms with Crippen LogP contribution in [0.15, 0.2) is 54.6 Å². The van der Waals surface area contributed by atoms with Crippen LogP contribution in [0.1, 0.15) is 24.0 Å². The quantitative estimate of drug-likeness (QED) is 0.860. The van der Waals surface area contributed by atoms with Gasteiger partial charge in [-0.1, -0.05) is 48.5 Å². The fourth-order valence-corrected chi connectivity index (χ4v) is 2.52. The van der Waals surface area contributed by atoms with Crippen LogP contribution in [0.2, 0.25) is 0 Å². The zero-order valence-electron chi connectivity index (χ0n) is 12.0. The van der Waals surface area contributed by atoms with Crippen LogP contribution in [0.3, 0.4) is 0 Å². The normalized spacial score (nSPS) is 14.2. The van der Waals surface area contributed by atoms with E-state index in [4.69, 9.17) is 0 Å². The lowest BCUT2D eigenvalue weighted by atomic mass is 10.1. The van der Waals surface area contributed by atoms with Gasteiger partial charge in [-0.2, -0.15) is 0 Å². The Kier molecular flexibility index (Phi) is 4.03. The summed E-state index contributed by atoms with van der Waals surface area (Å²) in [6, 6.07) is 20.1. The monoisotopic (exact) mass is 266 g/mol. The Morgan fingerprint density at radius 3 is 2.45 bits per heavy atom. The minimum absolute atomic E-state index is 0.752. The van der Waals surface area contributed by atoms with Crippen molar-refractivity contribution in [1.82, 2.24) is 5.32 Å². The Morgan fingerprint density at radius 2 is 1.70 bits per heavy atom. The number of nitrogens with one attached hydrogen (secondary N) is 1. The van der Waals surface area contributed by atoms with E-state index in [1.54, 1.807) is 0 Å². The van der Waals surface area contributed by atoms with Crippen molar-refractivity contribution in [3.63, 3.8) is 0 Å². The van der Waals surface area contributed by atoms with Crippen LogP contribution < -0.4 is 10.2 Å². The van der Waals surface area contributed by atoms with Crippen LogP contribution in [0.4, 0.5) is 5.69 Å². The number of nitrogens with zero attached hydrogens (tertiary/aromatic N) is 1. The number of anilines is 1. The molecular weight excluding hydrogens is 244 g/mol. The van der Waals surface area contributed by atoms with Crippen molar-refractivity contribution in [2.75, 3.05) is 11.9 Å². The molecule has 2 aromatic carbocycles. The zero-order valence-corrected chi connectivity index (χ0v) is 12.0. The molecule has 1 aliphatic carbocycles. The molecule has 1 fully saturated rings. The van der Waals surface area contributed by atoms with Gasteiger partial charge >= 0.3 is 0 Å². The molecule has 0 aromatic heterocycles. The first-order valence-corrected chi connectivity index (χ1v) is 7.39. The maximum absolute atomic E-state index is 3.61. The smallest absolute Gasteiger partial charge is 0.0426 e. The molecule has 104 valence electrons. The van der Waals surface area contributed by atoms with E-state index in [1.807, 2.05) is 0 Å². The first-order valence-electron chi connectivity index (χ1n) is 7.39. The molecule has 0 saturated heterocycles. The maximum atomic E-state index is 3.61. The molecule has 3 rings (SSSR count). The van der Waals surface area contributed by atoms with Crippen LogP contribution >= 0.6 is 0 Å². The SMILES string of the molecule is CN(Cc1ccccc1)c1ccccc1CNC1CC1. The largest absolute Gasteiger partial charge is 0.370 e. The van der Waals surface area contributed by atoms with Crippen LogP contribution in [-0.2, 0) is 13.1 Å². The molecule has 0 aliphatic heterocycles. The minimum atomic E-state index is 0.752. The average molecular weight is 266 g/mol. The van der Waals surface area contributed by atoms with Gasteiger partial charge in [0, 0.05) is 31.9 Å². The van der Waals surface area contributed by atoms with Crippen molar-refractivity contribution in [2.24, 2.45) is 0 Å². The van der Waals surface area contributed by atoms with Gasteiger partial charge in [-0.05, 0) is 30.0 Å². The second-order valence-corrected chi connectivity index (χ2v) is 5.63. The highest BCUT2D eigenvalue weighted by molar-refractivity contribution is 5.53. The highest BCUT2D eigenvalue weighted by atomic mass is 15.1. The Labute approximate surface area is 121 Å². The Hall–Kier alpha value is -1.80. The van der Waals surface area contributed by atoms with E-state index >= 15 is 0 Å². The first kappa shape index (κ1) is 13.2. The summed E-state index contributed by atoms with van der Waals surface area (Å²) in [7, 11) is 2.17. The summed E-state index contributed by atoms with van der Waals surface area (Å²) in [6.07, 6.45) is 2.67. The maximum Gasteiger partial charge on any atom is 0.0426 e. The van der Waals surface area contributed by atoms with Gasteiger partial charge in [0.15, 0.2) is 0 Å². The molecule has 0 atom stereocenters. The number of para-hydroxylation sites is 1. The molecule has 2 heteroatoms. The summed E-state index contributed by atoms with van der Waals surface area (Å²) in [6.45, 7) is 1.92. The van der Waals surface area contributed by atoms with Crippen LogP contribution in [0, 0.1) is 0 Å². The van der Waals surface area contributed by atoms with Crippen LogP contribution in [0.5, 0.6) is 0 Å². The number of hydrogen-bond acceptors (Lipinski definition) is 2. The van der Waals surface area contributed by atoms with E-state index in [0.717, 1.165) is 19.1 Å². The summed E-state index contributed by atoms with van der Waals surface area (Å²) >= 11 is 0. The Balaban J connectivity index is 1.71. The van der Waals surface area contributed by atoms with Crippen LogP contribution in [0.25, 0.3) is 0 Å². The van der Waals surface area contributed by atoms with Gasteiger partial charge in [0.1, 0.15) is 0 Å².